The van der Waals surface area contributed by atoms with Gasteiger partial charge in [-0.25, -0.2) is 0 Å². The van der Waals surface area contributed by atoms with Crippen molar-refractivity contribution in [3.63, 3.8) is 0 Å². The number of aliphatic imine (C=N–C) groups is 1. The third kappa shape index (κ3) is 7.23. The summed E-state index contributed by atoms with van der Waals surface area (Å²) in [7, 11) is 1.68. The van der Waals surface area contributed by atoms with Gasteiger partial charge >= 0.3 is 0 Å². The van der Waals surface area contributed by atoms with Crippen molar-refractivity contribution in [3.8, 4) is 12.3 Å². The summed E-state index contributed by atoms with van der Waals surface area (Å²) in [6.45, 7) is 5.16. The Hall–Kier alpha value is -2.05. The van der Waals surface area contributed by atoms with Crippen LogP contribution in [-0.2, 0) is 10.2 Å². The van der Waals surface area contributed by atoms with Crippen molar-refractivity contribution in [1.82, 2.24) is 10.6 Å². The first-order chi connectivity index (χ1) is 12.4. The van der Waals surface area contributed by atoms with Crippen LogP contribution >= 0.6 is 35.3 Å². The van der Waals surface area contributed by atoms with Gasteiger partial charge in [0.2, 0.25) is 5.91 Å². The topological polar surface area (TPSA) is 65.5 Å². The predicted molar refractivity (Wildman–Crippen MR) is 125 cm³/mol. The maximum absolute atomic E-state index is 12.1. The lowest BCUT2D eigenvalue weighted by atomic mass is 9.91. The zero-order valence-corrected chi connectivity index (χ0v) is 18.9. The highest BCUT2D eigenvalue weighted by Crippen LogP contribution is 2.26. The molecule has 0 aliphatic carbocycles. The summed E-state index contributed by atoms with van der Waals surface area (Å²) in [5.41, 5.74) is 1.38. The molecule has 0 aliphatic heterocycles. The number of anilines is 1. The number of thiophene rings is 1. The van der Waals surface area contributed by atoms with Gasteiger partial charge in [0.05, 0.1) is 6.54 Å². The van der Waals surface area contributed by atoms with E-state index in [0.717, 1.165) is 5.56 Å². The second-order valence-electron chi connectivity index (χ2n) is 6.41. The van der Waals surface area contributed by atoms with Gasteiger partial charge in [-0.1, -0.05) is 31.9 Å². The summed E-state index contributed by atoms with van der Waals surface area (Å²) in [6, 6.07) is 11.4. The third-order valence-corrected chi connectivity index (χ3v) is 5.07. The number of halogens is 1. The minimum atomic E-state index is -0.167. The fraction of sp³-hybridized carbons (Fsp3) is 0.300. The molecule has 1 amide bonds. The van der Waals surface area contributed by atoms with E-state index < -0.39 is 0 Å². The van der Waals surface area contributed by atoms with Crippen molar-refractivity contribution in [3.05, 3.63) is 52.2 Å². The Bertz CT molecular complexity index is 810. The lowest BCUT2D eigenvalue weighted by Gasteiger charge is -2.25. The van der Waals surface area contributed by atoms with Crippen LogP contribution in [0.2, 0.25) is 0 Å². The molecule has 1 aromatic carbocycles. The number of benzene rings is 1. The first kappa shape index (κ1) is 23.0. The number of carbonyl (C=O) groups is 1. The summed E-state index contributed by atoms with van der Waals surface area (Å²) in [5, 5.41) is 11.2. The molecular formula is C20H25IN4OS. The second-order valence-corrected chi connectivity index (χ2v) is 7.36. The van der Waals surface area contributed by atoms with Gasteiger partial charge in [-0.2, -0.15) is 0 Å². The molecule has 3 N–H and O–H groups in total. The number of nitrogens with one attached hydrogen (secondary N) is 3. The summed E-state index contributed by atoms with van der Waals surface area (Å²) in [5.74, 6) is 2.97. The summed E-state index contributed by atoms with van der Waals surface area (Å²) < 4.78 is 0. The molecule has 0 aliphatic rings. The van der Waals surface area contributed by atoms with Crippen LogP contribution in [0.25, 0.3) is 0 Å². The Morgan fingerprint density at radius 3 is 2.67 bits per heavy atom. The maximum Gasteiger partial charge on any atom is 0.243 e. The second kappa shape index (κ2) is 10.9. The first-order valence-electron chi connectivity index (χ1n) is 8.29. The highest BCUT2D eigenvalue weighted by molar-refractivity contribution is 14.0. The average Bonchev–Trinajstić information content (AvgIpc) is 3.17. The number of hydrogen-bond donors (Lipinski definition) is 3. The Labute approximate surface area is 182 Å². The zero-order chi connectivity index (χ0) is 19.0. The van der Waals surface area contributed by atoms with Crippen molar-refractivity contribution in [2.24, 2.45) is 4.99 Å². The van der Waals surface area contributed by atoms with Gasteiger partial charge in [-0.3, -0.25) is 9.79 Å². The van der Waals surface area contributed by atoms with Gasteiger partial charge in [0.15, 0.2) is 5.96 Å². The average molecular weight is 496 g/mol. The molecule has 1 heterocycles. The van der Waals surface area contributed by atoms with Gasteiger partial charge in [0, 0.05) is 35.1 Å². The number of carbonyl (C=O) groups excluding carboxylic acids is 1. The summed E-state index contributed by atoms with van der Waals surface area (Å²) in [6.07, 6.45) is 5.37. The SMILES string of the molecule is C#Cc1cccc(NC(=O)CNC(=NC)NCC(C)(C)c2cccs2)c1.I. The fourth-order valence-corrected chi connectivity index (χ4v) is 3.18. The molecule has 0 fully saturated rings. The zero-order valence-electron chi connectivity index (χ0n) is 15.7. The van der Waals surface area contributed by atoms with Gasteiger partial charge in [-0.05, 0) is 29.6 Å². The van der Waals surface area contributed by atoms with E-state index in [9.17, 15) is 4.79 Å². The molecule has 0 unspecified atom stereocenters. The third-order valence-electron chi connectivity index (χ3n) is 3.84. The number of guanidine groups is 1. The predicted octanol–water partition coefficient (Wildman–Crippen LogP) is 3.43. The molecule has 0 atom stereocenters. The lowest BCUT2D eigenvalue weighted by Crippen LogP contribution is -2.45. The Morgan fingerprint density at radius 2 is 2.04 bits per heavy atom. The van der Waals surface area contributed by atoms with E-state index in [0.29, 0.717) is 18.2 Å². The highest BCUT2D eigenvalue weighted by atomic mass is 127. The minimum Gasteiger partial charge on any atom is -0.356 e. The number of terminal acetylenes is 1. The molecule has 27 heavy (non-hydrogen) atoms. The van der Waals surface area contributed by atoms with Crippen molar-refractivity contribution >= 4 is 52.9 Å². The van der Waals surface area contributed by atoms with Gasteiger partial charge in [0.1, 0.15) is 0 Å². The van der Waals surface area contributed by atoms with Gasteiger partial charge in [0.25, 0.3) is 0 Å². The van der Waals surface area contributed by atoms with E-state index in [1.54, 1.807) is 30.5 Å². The number of amides is 1. The van der Waals surface area contributed by atoms with Crippen LogP contribution in [0, 0.1) is 12.3 Å². The molecule has 2 aromatic rings. The number of nitrogens with zero attached hydrogens (tertiary/aromatic N) is 1. The number of hydrogen-bond acceptors (Lipinski definition) is 3. The standard InChI is InChI=1S/C20H24N4OS.HI/c1-5-15-8-6-9-16(12-15)24-18(25)13-22-19(21-4)23-14-20(2,3)17-10-7-11-26-17;/h1,6-12H,13-14H2,2-4H3,(H,24,25)(H2,21,22,23);1H. The highest BCUT2D eigenvalue weighted by Gasteiger charge is 2.22. The molecule has 7 heteroatoms. The molecular weight excluding hydrogens is 471 g/mol. The van der Waals surface area contributed by atoms with E-state index in [4.69, 9.17) is 6.42 Å². The van der Waals surface area contributed by atoms with E-state index in [1.807, 2.05) is 18.2 Å². The molecule has 144 valence electrons. The van der Waals surface area contributed by atoms with Crippen molar-refractivity contribution < 1.29 is 4.79 Å². The van der Waals surface area contributed by atoms with E-state index in [2.05, 4.69) is 52.2 Å². The lowest BCUT2D eigenvalue weighted by molar-refractivity contribution is -0.115. The van der Waals surface area contributed by atoms with Crippen LogP contribution in [0.15, 0.2) is 46.8 Å². The molecule has 0 bridgehead atoms. The molecule has 2 rings (SSSR count). The Morgan fingerprint density at radius 1 is 1.26 bits per heavy atom. The Kier molecular flexibility index (Phi) is 9.32. The maximum atomic E-state index is 12.1. The van der Waals surface area contributed by atoms with E-state index >= 15 is 0 Å². The smallest absolute Gasteiger partial charge is 0.243 e. The van der Waals surface area contributed by atoms with Crippen LogP contribution < -0.4 is 16.0 Å². The minimum absolute atomic E-state index is 0. The normalized spacial score (nSPS) is 11.1. The molecule has 1 aromatic heterocycles. The van der Waals surface area contributed by atoms with Crippen LogP contribution in [0.4, 0.5) is 5.69 Å². The monoisotopic (exact) mass is 496 g/mol. The molecule has 0 spiro atoms. The summed E-state index contributed by atoms with van der Waals surface area (Å²) in [4.78, 5) is 17.6. The van der Waals surface area contributed by atoms with Crippen LogP contribution in [0.3, 0.4) is 0 Å². The van der Waals surface area contributed by atoms with Gasteiger partial charge in [-0.15, -0.1) is 41.7 Å². The van der Waals surface area contributed by atoms with Crippen molar-refractivity contribution in [1.29, 1.82) is 0 Å². The van der Waals surface area contributed by atoms with Crippen LogP contribution in [-0.4, -0.2) is 32.0 Å². The molecule has 0 radical (unpaired) electrons. The van der Waals surface area contributed by atoms with Gasteiger partial charge < -0.3 is 16.0 Å². The number of rotatable bonds is 6. The van der Waals surface area contributed by atoms with E-state index in [1.165, 1.54) is 4.88 Å². The van der Waals surface area contributed by atoms with Crippen molar-refractivity contribution in [2.75, 3.05) is 25.5 Å². The molecule has 0 saturated carbocycles. The van der Waals surface area contributed by atoms with Crippen LogP contribution in [0.5, 0.6) is 0 Å². The largest absolute Gasteiger partial charge is 0.356 e. The molecule has 0 saturated heterocycles. The van der Waals surface area contributed by atoms with Crippen LogP contribution in [0.1, 0.15) is 24.3 Å². The fourth-order valence-electron chi connectivity index (χ4n) is 2.33. The van der Waals surface area contributed by atoms with E-state index in [-0.39, 0.29) is 41.8 Å². The first-order valence-corrected chi connectivity index (χ1v) is 9.17. The summed E-state index contributed by atoms with van der Waals surface area (Å²) >= 11 is 1.73. The Balaban J connectivity index is 0.00000364. The van der Waals surface area contributed by atoms with Crippen molar-refractivity contribution in [2.45, 2.75) is 19.3 Å². The quantitative estimate of drug-likeness (QED) is 0.249. The molecule has 5 nitrogen and oxygen atoms in total.